The van der Waals surface area contributed by atoms with Gasteiger partial charge in [0.2, 0.25) is 17.7 Å². The largest absolute Gasteiger partial charge is 0.396 e. The van der Waals surface area contributed by atoms with Crippen LogP contribution < -0.4 is 21.3 Å². The Kier molecular flexibility index (Phi) is 47.0. The summed E-state index contributed by atoms with van der Waals surface area (Å²) in [6.45, 7) is 3.35. The van der Waals surface area contributed by atoms with Crippen molar-refractivity contribution in [2.24, 2.45) is 0 Å². The Labute approximate surface area is 431 Å². The second-order valence-corrected chi connectivity index (χ2v) is 19.7. The third kappa shape index (κ3) is 43.2. The molecule has 0 radical (unpaired) electrons. The van der Waals surface area contributed by atoms with Crippen molar-refractivity contribution in [3.05, 3.63) is 35.9 Å². The average molecular weight is 1010 g/mol. The number of ketones is 1. The third-order valence-electron chi connectivity index (χ3n) is 13.0. The highest BCUT2D eigenvalue weighted by Crippen LogP contribution is 2.15. The normalized spacial score (nSPS) is 11.5. The van der Waals surface area contributed by atoms with Crippen LogP contribution in [0.4, 0.5) is 0 Å². The van der Waals surface area contributed by atoms with E-state index in [0.717, 1.165) is 96.3 Å². The minimum atomic E-state index is -1.02. The van der Waals surface area contributed by atoms with Gasteiger partial charge in [-0.3, -0.25) is 24.5 Å². The lowest BCUT2D eigenvalue weighted by atomic mass is 10.0. The van der Waals surface area contributed by atoms with Gasteiger partial charge in [-0.05, 0) is 38.5 Å². The van der Waals surface area contributed by atoms with Gasteiger partial charge in [0.1, 0.15) is 0 Å². The van der Waals surface area contributed by atoms with Gasteiger partial charge in [0.25, 0.3) is 0 Å². The van der Waals surface area contributed by atoms with E-state index in [-0.39, 0.29) is 109 Å². The maximum Gasteiger partial charge on any atom is 0.222 e. The molecule has 0 aliphatic heterocycles. The minimum absolute atomic E-state index is 0.0264. The number of hydrogen-bond donors (Lipinski definition) is 7. The van der Waals surface area contributed by atoms with E-state index < -0.39 is 5.54 Å². The van der Waals surface area contributed by atoms with E-state index >= 15 is 0 Å². The summed E-state index contributed by atoms with van der Waals surface area (Å²) in [6.07, 6.45) is 34.3. The quantitative estimate of drug-likeness (QED) is 0.0242. The Morgan fingerprint density at radius 2 is 0.648 bits per heavy atom. The van der Waals surface area contributed by atoms with Crippen LogP contribution in [0.25, 0.3) is 0 Å². The summed E-state index contributed by atoms with van der Waals surface area (Å²) in [4.78, 5) is 51.7. The fourth-order valence-corrected chi connectivity index (χ4v) is 8.47. The van der Waals surface area contributed by atoms with Crippen LogP contribution in [-0.4, -0.2) is 130 Å². The molecule has 3 amide bonds. The van der Waals surface area contributed by atoms with Gasteiger partial charge in [-0.15, -0.1) is 0 Å². The average Bonchev–Trinajstić information content (AvgIpc) is 3.38. The first-order valence-corrected chi connectivity index (χ1v) is 28.5. The maximum atomic E-state index is 13.4. The molecule has 0 saturated heterocycles. The van der Waals surface area contributed by atoms with E-state index in [4.69, 9.17) is 29.5 Å². The number of aliphatic hydroxyl groups is 3. The number of nitrogens with one attached hydrogen (secondary N) is 4. The lowest BCUT2D eigenvalue weighted by molar-refractivity contribution is -0.122. The minimum Gasteiger partial charge on any atom is -0.396 e. The van der Waals surface area contributed by atoms with Gasteiger partial charge >= 0.3 is 0 Å². The second-order valence-electron chi connectivity index (χ2n) is 19.7. The van der Waals surface area contributed by atoms with E-state index in [2.05, 4.69) is 21.3 Å². The van der Waals surface area contributed by atoms with Gasteiger partial charge in [0, 0.05) is 64.3 Å². The Balaban J connectivity index is 2.69. The van der Waals surface area contributed by atoms with Crippen LogP contribution >= 0.6 is 0 Å². The zero-order chi connectivity index (χ0) is 51.4. The van der Waals surface area contributed by atoms with Crippen LogP contribution in [0.3, 0.4) is 0 Å². The van der Waals surface area contributed by atoms with Gasteiger partial charge in [-0.1, -0.05) is 184 Å². The Hall–Kier alpha value is -2.98. The molecule has 1 aromatic rings. The zero-order valence-corrected chi connectivity index (χ0v) is 44.6. The second kappa shape index (κ2) is 50.5. The number of ether oxygens (including phenoxy) is 3. The molecule has 14 nitrogen and oxygen atoms in total. The van der Waals surface area contributed by atoms with Crippen LogP contribution in [0.5, 0.6) is 0 Å². The molecule has 0 unspecified atom stereocenters. The maximum absolute atomic E-state index is 13.4. The molecule has 14 heteroatoms. The van der Waals surface area contributed by atoms with Crippen molar-refractivity contribution in [2.75, 3.05) is 85.6 Å². The molecule has 412 valence electrons. The fourth-order valence-electron chi connectivity index (χ4n) is 8.47. The fraction of sp³-hybridized carbons (Fsp3) is 0.825. The molecule has 0 aliphatic carbocycles. The summed E-state index contributed by atoms with van der Waals surface area (Å²) in [7, 11) is 0. The molecular formula is C57H104N4O10. The first-order chi connectivity index (χ1) is 34.9. The summed E-state index contributed by atoms with van der Waals surface area (Å²) >= 11 is 0. The molecule has 0 saturated carbocycles. The van der Waals surface area contributed by atoms with E-state index in [9.17, 15) is 19.2 Å². The summed E-state index contributed by atoms with van der Waals surface area (Å²) in [5, 5.41) is 39.2. The SMILES string of the molecule is O=C(CCOCC(COCCC(=O)NCCCCCCCCCCCCO)(COCCC(=O)NCCCCCCCCCCCCO)NCC(=O)c1ccccc1)NCCCCCCCCCCCCO. The number of carbonyl (C=O) groups excluding carboxylic acids is 4. The van der Waals surface area contributed by atoms with E-state index in [1.54, 1.807) is 12.1 Å². The number of aliphatic hydroxyl groups excluding tert-OH is 3. The molecule has 71 heavy (non-hydrogen) atoms. The smallest absolute Gasteiger partial charge is 0.222 e. The number of Topliss-reactive ketones (excluding diaryl/α,β-unsaturated/α-hetero) is 1. The molecule has 1 rings (SSSR count). The van der Waals surface area contributed by atoms with Crippen molar-refractivity contribution >= 4 is 23.5 Å². The highest BCUT2D eigenvalue weighted by atomic mass is 16.5. The molecule has 0 heterocycles. The van der Waals surface area contributed by atoms with Gasteiger partial charge in [-0.2, -0.15) is 0 Å². The number of unbranched alkanes of at least 4 members (excludes halogenated alkanes) is 27. The van der Waals surface area contributed by atoms with Crippen molar-refractivity contribution in [3.8, 4) is 0 Å². The van der Waals surface area contributed by atoms with Gasteiger partial charge in [0.15, 0.2) is 5.78 Å². The van der Waals surface area contributed by atoms with Crippen molar-refractivity contribution in [1.82, 2.24) is 21.3 Å². The first-order valence-electron chi connectivity index (χ1n) is 28.5. The molecule has 0 aromatic heterocycles. The summed E-state index contributed by atoms with van der Waals surface area (Å²) in [6, 6.07) is 9.03. The van der Waals surface area contributed by atoms with Crippen molar-refractivity contribution < 1.29 is 48.7 Å². The molecule has 7 N–H and O–H groups in total. The van der Waals surface area contributed by atoms with Gasteiger partial charge in [0.05, 0.1) is 51.7 Å². The van der Waals surface area contributed by atoms with Crippen LogP contribution in [0.1, 0.15) is 222 Å². The number of amides is 3. The van der Waals surface area contributed by atoms with Crippen molar-refractivity contribution in [1.29, 1.82) is 0 Å². The Bertz CT molecular complexity index is 1260. The Morgan fingerprint density at radius 1 is 0.380 bits per heavy atom. The molecular weight excluding hydrogens is 901 g/mol. The van der Waals surface area contributed by atoms with Crippen LogP contribution in [0.15, 0.2) is 30.3 Å². The highest BCUT2D eigenvalue weighted by Gasteiger charge is 2.32. The number of carbonyl (C=O) groups is 4. The molecule has 0 bridgehead atoms. The molecule has 0 spiro atoms. The predicted molar refractivity (Wildman–Crippen MR) is 287 cm³/mol. The van der Waals surface area contributed by atoms with E-state index in [0.29, 0.717) is 25.2 Å². The van der Waals surface area contributed by atoms with Gasteiger partial charge < -0.3 is 45.5 Å². The molecule has 1 aromatic carbocycles. The number of hydrogen-bond acceptors (Lipinski definition) is 11. The molecule has 0 fully saturated rings. The van der Waals surface area contributed by atoms with E-state index in [1.807, 2.05) is 18.2 Å². The first kappa shape index (κ1) is 66.0. The van der Waals surface area contributed by atoms with E-state index in [1.165, 1.54) is 96.3 Å². The van der Waals surface area contributed by atoms with Crippen molar-refractivity contribution in [2.45, 2.75) is 217 Å². The third-order valence-corrected chi connectivity index (χ3v) is 13.0. The number of benzene rings is 1. The lowest BCUT2D eigenvalue weighted by Crippen LogP contribution is -2.58. The topological polar surface area (TPSA) is 205 Å². The van der Waals surface area contributed by atoms with Crippen LogP contribution in [-0.2, 0) is 28.6 Å². The summed E-state index contributed by atoms with van der Waals surface area (Å²) in [5.41, 5.74) is -0.464. The highest BCUT2D eigenvalue weighted by molar-refractivity contribution is 5.97. The van der Waals surface area contributed by atoms with Crippen molar-refractivity contribution in [3.63, 3.8) is 0 Å². The predicted octanol–water partition coefficient (Wildman–Crippen LogP) is 9.45. The molecule has 0 aliphatic rings. The monoisotopic (exact) mass is 1000 g/mol. The Morgan fingerprint density at radius 3 is 0.930 bits per heavy atom. The summed E-state index contributed by atoms with van der Waals surface area (Å²) in [5.74, 6) is -0.376. The number of rotatable bonds is 55. The zero-order valence-electron chi connectivity index (χ0n) is 44.6. The standard InChI is InChI=1S/C57H104N4O10/c62-42-31-22-16-10-4-1-7-13-19-28-39-58-54(66)36-45-69-49-57(61-48-53(65)52-34-26-25-27-35-52,50-70-46-37-55(67)59-40-29-20-14-8-2-5-11-17-23-32-43-63)51-71-47-38-56(68)60-41-30-21-15-9-3-6-12-18-24-33-44-64/h25-27,34-35,61-64H,1-24,28-33,36-51H2,(H,58,66)(H,59,67)(H,60,68). The van der Waals surface area contributed by atoms with Crippen LogP contribution in [0, 0.1) is 0 Å². The summed E-state index contributed by atoms with van der Waals surface area (Å²) < 4.78 is 18.4. The van der Waals surface area contributed by atoms with Gasteiger partial charge in [-0.25, -0.2) is 0 Å². The lowest BCUT2D eigenvalue weighted by Gasteiger charge is -2.34. The molecule has 0 atom stereocenters. The van der Waals surface area contributed by atoms with Crippen LogP contribution in [0.2, 0.25) is 0 Å².